The number of piperidine rings is 1. The van der Waals surface area contributed by atoms with E-state index in [1.54, 1.807) is 29.3 Å². The molecule has 1 fully saturated rings. The van der Waals surface area contributed by atoms with E-state index in [1.807, 2.05) is 37.4 Å². The average molecular weight is 498 g/mol. The average Bonchev–Trinajstić information content (AvgIpc) is 3.63. The standard InChI is InChI=1S/C26H23N7O4/c1-2-31(17-4-6-20-15(11-17)9-10-27-20)26(37)21-14-33(30-29-21)18-3-5-19-16(12-18)13-32(25(19)36)22-7-8-23(34)28-24(22)35/h3-6,9-12,14,22,27H,2,7-8,13H2,1H3,(H,28,34,35). The topological polar surface area (TPSA) is 133 Å². The molecule has 1 saturated heterocycles. The fraction of sp³-hybridized carbons (Fsp3) is 0.231. The van der Waals surface area contributed by atoms with Crippen molar-refractivity contribution in [1.82, 2.24) is 30.2 Å². The number of nitrogens with one attached hydrogen (secondary N) is 2. The molecule has 0 saturated carbocycles. The summed E-state index contributed by atoms with van der Waals surface area (Å²) >= 11 is 0. The molecular weight excluding hydrogens is 474 g/mol. The molecule has 4 heterocycles. The van der Waals surface area contributed by atoms with Gasteiger partial charge in [-0.25, -0.2) is 4.68 Å². The molecule has 2 aliphatic heterocycles. The number of carbonyl (C=O) groups excluding carboxylic acids is 4. The Morgan fingerprint density at radius 1 is 1.14 bits per heavy atom. The molecule has 37 heavy (non-hydrogen) atoms. The summed E-state index contributed by atoms with van der Waals surface area (Å²) in [4.78, 5) is 56.3. The molecule has 11 heteroatoms. The Bertz CT molecular complexity index is 1590. The number of anilines is 1. The number of carbonyl (C=O) groups is 4. The van der Waals surface area contributed by atoms with Gasteiger partial charge in [-0.3, -0.25) is 24.5 Å². The van der Waals surface area contributed by atoms with Crippen LogP contribution in [0.5, 0.6) is 0 Å². The van der Waals surface area contributed by atoms with Crippen LogP contribution >= 0.6 is 0 Å². The SMILES string of the molecule is CCN(C(=O)c1cn(-c2ccc3c(c2)CN(C2CCC(=O)NC2=O)C3=O)nn1)c1ccc2[nH]ccc2c1. The highest BCUT2D eigenvalue weighted by atomic mass is 16.2. The second kappa shape index (κ2) is 8.70. The minimum atomic E-state index is -0.679. The fourth-order valence-electron chi connectivity index (χ4n) is 4.98. The van der Waals surface area contributed by atoms with E-state index in [-0.39, 0.29) is 36.4 Å². The van der Waals surface area contributed by atoms with Crippen LogP contribution in [0, 0.1) is 0 Å². The quantitative estimate of drug-likeness (QED) is 0.406. The van der Waals surface area contributed by atoms with E-state index in [2.05, 4.69) is 20.6 Å². The van der Waals surface area contributed by atoms with Crippen LogP contribution in [-0.4, -0.2) is 61.1 Å². The molecule has 2 N–H and O–H groups in total. The van der Waals surface area contributed by atoms with Crippen LogP contribution in [0.25, 0.3) is 16.6 Å². The summed E-state index contributed by atoms with van der Waals surface area (Å²) in [5, 5.41) is 11.6. The summed E-state index contributed by atoms with van der Waals surface area (Å²) in [7, 11) is 0. The third-order valence-electron chi connectivity index (χ3n) is 6.89. The summed E-state index contributed by atoms with van der Waals surface area (Å²) in [6, 6.07) is 12.3. The number of fused-ring (bicyclic) bond motifs is 2. The Labute approximate surface area is 211 Å². The molecule has 0 bridgehead atoms. The smallest absolute Gasteiger partial charge is 0.280 e. The van der Waals surface area contributed by atoms with Crippen molar-refractivity contribution in [2.45, 2.75) is 32.4 Å². The first-order valence-electron chi connectivity index (χ1n) is 12.0. The Morgan fingerprint density at radius 2 is 2.00 bits per heavy atom. The first-order chi connectivity index (χ1) is 17.9. The summed E-state index contributed by atoms with van der Waals surface area (Å²) in [6.07, 6.45) is 3.92. The zero-order valence-electron chi connectivity index (χ0n) is 20.0. The molecule has 0 aliphatic carbocycles. The molecule has 4 aromatic rings. The van der Waals surface area contributed by atoms with Crippen molar-refractivity contribution in [2.24, 2.45) is 0 Å². The number of hydrogen-bond acceptors (Lipinski definition) is 6. The molecule has 1 unspecified atom stereocenters. The molecule has 186 valence electrons. The highest BCUT2D eigenvalue weighted by Crippen LogP contribution is 2.29. The maximum atomic E-state index is 13.3. The molecule has 2 aromatic carbocycles. The molecule has 4 amide bonds. The van der Waals surface area contributed by atoms with Gasteiger partial charge in [0.05, 0.1) is 11.9 Å². The molecule has 0 radical (unpaired) electrons. The van der Waals surface area contributed by atoms with Crippen molar-refractivity contribution in [3.05, 3.63) is 71.7 Å². The molecule has 0 spiro atoms. The number of amides is 4. The first kappa shape index (κ1) is 22.7. The van der Waals surface area contributed by atoms with E-state index in [9.17, 15) is 19.2 Å². The largest absolute Gasteiger partial charge is 0.361 e. The Kier molecular flexibility index (Phi) is 5.32. The number of aromatic nitrogens is 4. The van der Waals surface area contributed by atoms with E-state index in [0.29, 0.717) is 24.2 Å². The number of nitrogens with zero attached hydrogens (tertiary/aromatic N) is 5. The number of imide groups is 1. The molecule has 2 aliphatic rings. The van der Waals surface area contributed by atoms with Crippen molar-refractivity contribution in [3.8, 4) is 5.69 Å². The van der Waals surface area contributed by atoms with Gasteiger partial charge in [0.25, 0.3) is 11.8 Å². The Balaban J connectivity index is 1.23. The molecule has 2 aromatic heterocycles. The van der Waals surface area contributed by atoms with Crippen molar-refractivity contribution < 1.29 is 19.2 Å². The van der Waals surface area contributed by atoms with Gasteiger partial charge in [-0.05, 0) is 61.4 Å². The fourth-order valence-corrected chi connectivity index (χ4v) is 4.98. The van der Waals surface area contributed by atoms with Crippen molar-refractivity contribution in [2.75, 3.05) is 11.4 Å². The van der Waals surface area contributed by atoms with Crippen LogP contribution in [0.1, 0.15) is 46.2 Å². The van der Waals surface area contributed by atoms with Crippen LogP contribution in [0.15, 0.2) is 54.9 Å². The second-order valence-electron chi connectivity index (χ2n) is 9.09. The highest BCUT2D eigenvalue weighted by molar-refractivity contribution is 6.06. The third kappa shape index (κ3) is 3.84. The van der Waals surface area contributed by atoms with Crippen molar-refractivity contribution in [3.63, 3.8) is 0 Å². The summed E-state index contributed by atoms with van der Waals surface area (Å²) in [6.45, 7) is 2.61. The minimum absolute atomic E-state index is 0.192. The zero-order chi connectivity index (χ0) is 25.7. The maximum absolute atomic E-state index is 13.3. The lowest BCUT2D eigenvalue weighted by Gasteiger charge is -2.29. The summed E-state index contributed by atoms with van der Waals surface area (Å²) in [5.74, 6) is -1.29. The summed E-state index contributed by atoms with van der Waals surface area (Å²) < 4.78 is 1.50. The van der Waals surface area contributed by atoms with E-state index < -0.39 is 11.9 Å². The van der Waals surface area contributed by atoms with Gasteiger partial charge >= 0.3 is 0 Å². The zero-order valence-corrected chi connectivity index (χ0v) is 20.0. The third-order valence-corrected chi connectivity index (χ3v) is 6.89. The predicted octanol–water partition coefficient (Wildman–Crippen LogP) is 2.18. The molecular formula is C26H23N7O4. The normalized spacial score (nSPS) is 17.3. The van der Waals surface area contributed by atoms with Crippen LogP contribution < -0.4 is 10.2 Å². The van der Waals surface area contributed by atoms with Crippen molar-refractivity contribution >= 4 is 40.2 Å². The van der Waals surface area contributed by atoms with Gasteiger partial charge in [0, 0.05) is 47.9 Å². The second-order valence-corrected chi connectivity index (χ2v) is 9.09. The number of aromatic amines is 1. The highest BCUT2D eigenvalue weighted by Gasteiger charge is 2.39. The monoisotopic (exact) mass is 497 g/mol. The van der Waals surface area contributed by atoms with E-state index in [4.69, 9.17) is 0 Å². The number of hydrogen-bond donors (Lipinski definition) is 2. The maximum Gasteiger partial charge on any atom is 0.280 e. The van der Waals surface area contributed by atoms with Gasteiger partial charge < -0.3 is 14.8 Å². The number of H-pyrrole nitrogens is 1. The van der Waals surface area contributed by atoms with E-state index >= 15 is 0 Å². The van der Waals surface area contributed by atoms with Gasteiger partial charge in [-0.2, -0.15) is 0 Å². The predicted molar refractivity (Wildman–Crippen MR) is 133 cm³/mol. The number of rotatable bonds is 5. The van der Waals surface area contributed by atoms with Crippen LogP contribution in [0.4, 0.5) is 5.69 Å². The first-order valence-corrected chi connectivity index (χ1v) is 12.0. The molecule has 6 rings (SSSR count). The van der Waals surface area contributed by atoms with Gasteiger partial charge in [0.1, 0.15) is 6.04 Å². The van der Waals surface area contributed by atoms with Gasteiger partial charge in [0.2, 0.25) is 11.8 Å². The summed E-state index contributed by atoms with van der Waals surface area (Å²) in [5.41, 5.74) is 3.83. The lowest BCUT2D eigenvalue weighted by atomic mass is 10.0. The van der Waals surface area contributed by atoms with Crippen molar-refractivity contribution in [1.29, 1.82) is 0 Å². The number of benzene rings is 2. The van der Waals surface area contributed by atoms with E-state index in [1.165, 1.54) is 9.58 Å². The lowest BCUT2D eigenvalue weighted by molar-refractivity contribution is -0.136. The molecule has 11 nitrogen and oxygen atoms in total. The van der Waals surface area contributed by atoms with Gasteiger partial charge in [-0.15, -0.1) is 5.10 Å². The van der Waals surface area contributed by atoms with Gasteiger partial charge in [-0.1, -0.05) is 5.21 Å². The minimum Gasteiger partial charge on any atom is -0.361 e. The lowest BCUT2D eigenvalue weighted by Crippen LogP contribution is -2.52. The molecule has 1 atom stereocenters. The van der Waals surface area contributed by atoms with E-state index in [0.717, 1.165) is 22.2 Å². The van der Waals surface area contributed by atoms with Gasteiger partial charge in [0.15, 0.2) is 5.69 Å². The Morgan fingerprint density at radius 3 is 2.81 bits per heavy atom. The van der Waals surface area contributed by atoms with Crippen LogP contribution in [-0.2, 0) is 16.1 Å². The van der Waals surface area contributed by atoms with Crippen LogP contribution in [0.2, 0.25) is 0 Å². The Hall–Kier alpha value is -4.80. The van der Waals surface area contributed by atoms with Crippen LogP contribution in [0.3, 0.4) is 0 Å².